The van der Waals surface area contributed by atoms with Gasteiger partial charge in [-0.1, -0.05) is 6.92 Å². The van der Waals surface area contributed by atoms with Crippen LogP contribution in [0.1, 0.15) is 29.7 Å². The standard InChI is InChI=1S/C11H18N4O/c1-2-4-14-5-3-10-13-9(11(12)16)8-15(10)7-6-14/h8H,2-7H2,1H3,(H2,12,16). The molecule has 0 bridgehead atoms. The molecule has 0 saturated heterocycles. The van der Waals surface area contributed by atoms with Crippen LogP contribution in [0.15, 0.2) is 6.20 Å². The first-order valence-electron chi connectivity index (χ1n) is 5.79. The fourth-order valence-electron chi connectivity index (χ4n) is 2.12. The van der Waals surface area contributed by atoms with Gasteiger partial charge in [0.15, 0.2) is 0 Å². The van der Waals surface area contributed by atoms with E-state index in [1.807, 2.05) is 0 Å². The van der Waals surface area contributed by atoms with E-state index in [0.29, 0.717) is 5.69 Å². The van der Waals surface area contributed by atoms with Crippen LogP contribution in [0.2, 0.25) is 0 Å². The van der Waals surface area contributed by atoms with Crippen LogP contribution < -0.4 is 5.73 Å². The molecule has 1 aromatic rings. The summed E-state index contributed by atoms with van der Waals surface area (Å²) < 4.78 is 2.05. The first-order valence-corrected chi connectivity index (χ1v) is 5.79. The van der Waals surface area contributed by atoms with Crippen LogP contribution in [0.3, 0.4) is 0 Å². The number of amides is 1. The molecule has 1 aliphatic rings. The Morgan fingerprint density at radius 3 is 3.00 bits per heavy atom. The molecule has 5 nitrogen and oxygen atoms in total. The third-order valence-electron chi connectivity index (χ3n) is 2.96. The first-order chi connectivity index (χ1) is 7.70. The summed E-state index contributed by atoms with van der Waals surface area (Å²) in [5.41, 5.74) is 5.60. The second kappa shape index (κ2) is 4.65. The Hall–Kier alpha value is -1.36. The Bertz CT molecular complexity index is 360. The van der Waals surface area contributed by atoms with Crippen molar-refractivity contribution in [3.8, 4) is 0 Å². The topological polar surface area (TPSA) is 64.2 Å². The van der Waals surface area contributed by atoms with Gasteiger partial charge in [0.25, 0.3) is 5.91 Å². The van der Waals surface area contributed by atoms with E-state index >= 15 is 0 Å². The number of carbonyl (C=O) groups is 1. The number of nitrogens with zero attached hydrogens (tertiary/aromatic N) is 3. The highest BCUT2D eigenvalue weighted by atomic mass is 16.1. The number of rotatable bonds is 3. The maximum atomic E-state index is 11.0. The molecule has 5 heteroatoms. The van der Waals surface area contributed by atoms with Crippen molar-refractivity contribution in [2.45, 2.75) is 26.3 Å². The van der Waals surface area contributed by atoms with Crippen molar-refractivity contribution in [3.05, 3.63) is 17.7 Å². The normalized spacial score (nSPS) is 16.8. The second-order valence-corrected chi connectivity index (χ2v) is 4.19. The lowest BCUT2D eigenvalue weighted by atomic mass is 10.3. The average Bonchev–Trinajstić information content (AvgIpc) is 2.58. The number of hydrogen-bond donors (Lipinski definition) is 1. The Labute approximate surface area is 95.2 Å². The van der Waals surface area contributed by atoms with Crippen LogP contribution >= 0.6 is 0 Å². The molecule has 2 rings (SSSR count). The van der Waals surface area contributed by atoms with Crippen molar-refractivity contribution in [1.29, 1.82) is 0 Å². The predicted octanol–water partition coefficient (Wildman–Crippen LogP) is 0.250. The fourth-order valence-corrected chi connectivity index (χ4v) is 2.12. The van der Waals surface area contributed by atoms with Gasteiger partial charge in [-0.15, -0.1) is 0 Å². The Morgan fingerprint density at radius 2 is 2.31 bits per heavy atom. The van der Waals surface area contributed by atoms with Gasteiger partial charge >= 0.3 is 0 Å². The van der Waals surface area contributed by atoms with Gasteiger partial charge in [0.05, 0.1) is 0 Å². The fraction of sp³-hybridized carbons (Fsp3) is 0.636. The molecule has 2 heterocycles. The van der Waals surface area contributed by atoms with E-state index in [4.69, 9.17) is 5.73 Å². The summed E-state index contributed by atoms with van der Waals surface area (Å²) in [5, 5.41) is 0. The zero-order valence-corrected chi connectivity index (χ0v) is 9.65. The summed E-state index contributed by atoms with van der Waals surface area (Å²) in [6, 6.07) is 0. The van der Waals surface area contributed by atoms with Crippen molar-refractivity contribution in [1.82, 2.24) is 14.5 Å². The molecule has 0 aliphatic carbocycles. The van der Waals surface area contributed by atoms with Gasteiger partial charge in [-0.2, -0.15) is 0 Å². The van der Waals surface area contributed by atoms with E-state index in [1.54, 1.807) is 6.20 Å². The highest BCUT2D eigenvalue weighted by molar-refractivity contribution is 5.90. The molecular weight excluding hydrogens is 204 g/mol. The molecule has 0 radical (unpaired) electrons. The van der Waals surface area contributed by atoms with Crippen LogP contribution in [0.4, 0.5) is 0 Å². The van der Waals surface area contributed by atoms with Gasteiger partial charge in [0.2, 0.25) is 0 Å². The monoisotopic (exact) mass is 222 g/mol. The van der Waals surface area contributed by atoms with Crippen molar-refractivity contribution in [2.24, 2.45) is 5.73 Å². The van der Waals surface area contributed by atoms with E-state index in [0.717, 1.165) is 38.4 Å². The lowest BCUT2D eigenvalue weighted by Gasteiger charge is -2.17. The first kappa shape index (κ1) is 11.1. The molecule has 1 aromatic heterocycles. The van der Waals surface area contributed by atoms with E-state index < -0.39 is 5.91 Å². The van der Waals surface area contributed by atoms with E-state index in [1.165, 1.54) is 6.42 Å². The summed E-state index contributed by atoms with van der Waals surface area (Å²) in [6.45, 7) is 6.26. The maximum absolute atomic E-state index is 11.0. The van der Waals surface area contributed by atoms with Crippen LogP contribution in [0.5, 0.6) is 0 Å². The highest BCUT2D eigenvalue weighted by Gasteiger charge is 2.16. The van der Waals surface area contributed by atoms with Crippen molar-refractivity contribution >= 4 is 5.91 Å². The molecular formula is C11H18N4O. The lowest BCUT2D eigenvalue weighted by molar-refractivity contribution is 0.0995. The highest BCUT2D eigenvalue weighted by Crippen LogP contribution is 2.09. The van der Waals surface area contributed by atoms with Gasteiger partial charge in [-0.25, -0.2) is 4.98 Å². The van der Waals surface area contributed by atoms with Crippen LogP contribution in [-0.2, 0) is 13.0 Å². The Kier molecular flexibility index (Phi) is 3.24. The van der Waals surface area contributed by atoms with E-state index in [9.17, 15) is 4.79 Å². The van der Waals surface area contributed by atoms with Crippen molar-refractivity contribution in [2.75, 3.05) is 19.6 Å². The molecule has 1 aliphatic heterocycles. The number of fused-ring (bicyclic) bond motifs is 1. The van der Waals surface area contributed by atoms with Crippen molar-refractivity contribution < 1.29 is 4.79 Å². The van der Waals surface area contributed by atoms with Gasteiger partial charge in [-0.05, 0) is 13.0 Å². The largest absolute Gasteiger partial charge is 0.364 e. The van der Waals surface area contributed by atoms with Gasteiger partial charge in [0.1, 0.15) is 11.5 Å². The summed E-state index contributed by atoms with van der Waals surface area (Å²) in [7, 11) is 0. The maximum Gasteiger partial charge on any atom is 0.268 e. The zero-order valence-electron chi connectivity index (χ0n) is 9.65. The third kappa shape index (κ3) is 2.24. The number of imidazole rings is 1. The molecule has 0 fully saturated rings. The number of hydrogen-bond acceptors (Lipinski definition) is 3. The number of aromatic nitrogens is 2. The van der Waals surface area contributed by atoms with Crippen LogP contribution in [0.25, 0.3) is 0 Å². The quantitative estimate of drug-likeness (QED) is 0.797. The van der Waals surface area contributed by atoms with Gasteiger partial charge < -0.3 is 15.2 Å². The van der Waals surface area contributed by atoms with Gasteiger partial charge in [0, 0.05) is 32.3 Å². The molecule has 0 unspecified atom stereocenters. The van der Waals surface area contributed by atoms with Crippen LogP contribution in [-0.4, -0.2) is 40.0 Å². The van der Waals surface area contributed by atoms with E-state index in [-0.39, 0.29) is 0 Å². The summed E-state index contributed by atoms with van der Waals surface area (Å²) in [4.78, 5) is 17.7. The zero-order chi connectivity index (χ0) is 11.5. The average molecular weight is 222 g/mol. The van der Waals surface area contributed by atoms with E-state index in [2.05, 4.69) is 21.4 Å². The summed E-state index contributed by atoms with van der Waals surface area (Å²) in [6.07, 6.45) is 3.84. The second-order valence-electron chi connectivity index (χ2n) is 4.19. The molecule has 0 spiro atoms. The number of primary amides is 1. The summed E-state index contributed by atoms with van der Waals surface area (Å²) in [5.74, 6) is 0.540. The van der Waals surface area contributed by atoms with Gasteiger partial charge in [-0.3, -0.25) is 4.79 Å². The molecule has 0 atom stereocenters. The minimum atomic E-state index is -0.439. The lowest BCUT2D eigenvalue weighted by Crippen LogP contribution is -2.27. The Morgan fingerprint density at radius 1 is 1.50 bits per heavy atom. The van der Waals surface area contributed by atoms with Crippen molar-refractivity contribution in [3.63, 3.8) is 0 Å². The minimum Gasteiger partial charge on any atom is -0.364 e. The molecule has 0 saturated carbocycles. The third-order valence-corrected chi connectivity index (χ3v) is 2.96. The molecule has 88 valence electrons. The summed E-state index contributed by atoms with van der Waals surface area (Å²) >= 11 is 0. The predicted molar refractivity (Wildman–Crippen MR) is 61.2 cm³/mol. The minimum absolute atomic E-state index is 0.388. The smallest absolute Gasteiger partial charge is 0.268 e. The van der Waals surface area contributed by atoms with Crippen LogP contribution in [0, 0.1) is 0 Å². The molecule has 0 aromatic carbocycles. The number of carbonyl (C=O) groups excluding carboxylic acids is 1. The number of nitrogens with two attached hydrogens (primary N) is 1. The molecule has 16 heavy (non-hydrogen) atoms. The molecule has 2 N–H and O–H groups in total. The SMILES string of the molecule is CCCN1CCc2nc(C(N)=O)cn2CC1. The Balaban J connectivity index is 2.09. The molecule has 1 amide bonds.